The number of fused-ring (bicyclic) bond motifs is 1. The first-order valence-corrected chi connectivity index (χ1v) is 6.37. The molecule has 0 aliphatic carbocycles. The predicted molar refractivity (Wildman–Crippen MR) is 71.6 cm³/mol. The monoisotopic (exact) mass is 231 g/mol. The Morgan fingerprint density at radius 3 is 3.18 bits per heavy atom. The molecule has 1 aliphatic heterocycles. The van der Waals surface area contributed by atoms with Gasteiger partial charge in [-0.25, -0.2) is 0 Å². The quantitative estimate of drug-likeness (QED) is 0.786. The van der Waals surface area contributed by atoms with E-state index in [1.165, 1.54) is 5.56 Å². The summed E-state index contributed by atoms with van der Waals surface area (Å²) in [5, 5.41) is 3.57. The van der Waals surface area contributed by atoms with Crippen molar-refractivity contribution in [2.75, 3.05) is 13.2 Å². The first-order chi connectivity index (χ1) is 8.31. The highest BCUT2D eigenvalue weighted by molar-refractivity contribution is 5.37. The van der Waals surface area contributed by atoms with Crippen molar-refractivity contribution in [3.63, 3.8) is 0 Å². The Hall–Kier alpha value is -1.28. The summed E-state index contributed by atoms with van der Waals surface area (Å²) in [6.07, 6.45) is 4.09. The fourth-order valence-electron chi connectivity index (χ4n) is 2.30. The molecule has 2 heteroatoms. The van der Waals surface area contributed by atoms with Gasteiger partial charge >= 0.3 is 0 Å². The Labute approximate surface area is 104 Å². The van der Waals surface area contributed by atoms with Crippen molar-refractivity contribution in [3.05, 3.63) is 42.5 Å². The molecule has 2 unspecified atom stereocenters. The van der Waals surface area contributed by atoms with Crippen molar-refractivity contribution < 1.29 is 4.74 Å². The molecule has 0 saturated heterocycles. The zero-order valence-corrected chi connectivity index (χ0v) is 10.5. The number of nitrogens with one attached hydrogen (secondary N) is 1. The molecule has 1 aromatic carbocycles. The minimum absolute atomic E-state index is 0.502. The summed E-state index contributed by atoms with van der Waals surface area (Å²) < 4.78 is 5.66. The number of ether oxygens (including phenoxy) is 1. The molecule has 0 spiro atoms. The van der Waals surface area contributed by atoms with Crippen molar-refractivity contribution >= 4 is 0 Å². The van der Waals surface area contributed by atoms with Gasteiger partial charge in [0.2, 0.25) is 0 Å². The van der Waals surface area contributed by atoms with Gasteiger partial charge in [0.05, 0.1) is 6.61 Å². The number of benzene rings is 1. The average Bonchev–Trinajstić information content (AvgIpc) is 2.36. The topological polar surface area (TPSA) is 21.3 Å². The highest BCUT2D eigenvalue weighted by Gasteiger charge is 2.20. The SMILES string of the molecule is C=CCC(C)NCC1CCOc2ccccc21. The summed E-state index contributed by atoms with van der Waals surface area (Å²) in [4.78, 5) is 0. The third-order valence-electron chi connectivity index (χ3n) is 3.32. The Morgan fingerprint density at radius 1 is 1.53 bits per heavy atom. The second-order valence-electron chi connectivity index (χ2n) is 4.71. The lowest BCUT2D eigenvalue weighted by Gasteiger charge is -2.27. The van der Waals surface area contributed by atoms with Gasteiger partial charge in [0.1, 0.15) is 5.75 Å². The van der Waals surface area contributed by atoms with E-state index in [4.69, 9.17) is 4.74 Å². The van der Waals surface area contributed by atoms with E-state index in [1.807, 2.05) is 12.1 Å². The molecule has 0 aromatic heterocycles. The maximum absolute atomic E-state index is 5.66. The maximum atomic E-state index is 5.66. The summed E-state index contributed by atoms with van der Waals surface area (Å²) >= 11 is 0. The van der Waals surface area contributed by atoms with E-state index in [0.717, 1.165) is 31.7 Å². The molecule has 2 atom stereocenters. The fraction of sp³-hybridized carbons (Fsp3) is 0.467. The zero-order chi connectivity index (χ0) is 12.1. The van der Waals surface area contributed by atoms with Crippen LogP contribution in [0.4, 0.5) is 0 Å². The molecule has 2 nitrogen and oxygen atoms in total. The highest BCUT2D eigenvalue weighted by Crippen LogP contribution is 2.32. The number of hydrogen-bond donors (Lipinski definition) is 1. The van der Waals surface area contributed by atoms with Crippen LogP contribution in [0.25, 0.3) is 0 Å². The molecule has 1 N–H and O–H groups in total. The highest BCUT2D eigenvalue weighted by atomic mass is 16.5. The molecule has 1 heterocycles. The van der Waals surface area contributed by atoms with Gasteiger partial charge in [-0.3, -0.25) is 0 Å². The van der Waals surface area contributed by atoms with Crippen LogP contribution in [0.2, 0.25) is 0 Å². The molecule has 0 bridgehead atoms. The molecule has 0 amide bonds. The van der Waals surface area contributed by atoms with E-state index in [1.54, 1.807) is 0 Å². The van der Waals surface area contributed by atoms with Crippen LogP contribution in [-0.4, -0.2) is 19.2 Å². The minimum atomic E-state index is 0.502. The van der Waals surface area contributed by atoms with Crippen LogP contribution in [-0.2, 0) is 0 Å². The van der Waals surface area contributed by atoms with Crippen LogP contribution in [0.1, 0.15) is 31.2 Å². The Bertz CT molecular complexity index is 375. The van der Waals surface area contributed by atoms with Crippen LogP contribution in [0.3, 0.4) is 0 Å². The van der Waals surface area contributed by atoms with Crippen LogP contribution in [0, 0.1) is 0 Å². The van der Waals surface area contributed by atoms with Crippen molar-refractivity contribution in [2.24, 2.45) is 0 Å². The first-order valence-electron chi connectivity index (χ1n) is 6.37. The fourth-order valence-corrected chi connectivity index (χ4v) is 2.30. The van der Waals surface area contributed by atoms with Crippen LogP contribution >= 0.6 is 0 Å². The molecule has 0 radical (unpaired) electrons. The van der Waals surface area contributed by atoms with E-state index >= 15 is 0 Å². The summed E-state index contributed by atoms with van der Waals surface area (Å²) in [5.41, 5.74) is 1.34. The van der Waals surface area contributed by atoms with Gasteiger partial charge in [-0.1, -0.05) is 24.3 Å². The Balaban J connectivity index is 1.96. The predicted octanol–water partition coefficient (Wildman–Crippen LogP) is 3.11. The molecule has 1 aliphatic rings. The van der Waals surface area contributed by atoms with Gasteiger partial charge in [-0.2, -0.15) is 0 Å². The molecule has 1 aromatic rings. The number of rotatable bonds is 5. The normalized spacial score (nSPS) is 20.2. The standard InChI is InChI=1S/C15H21NO/c1-3-6-12(2)16-11-13-9-10-17-15-8-5-4-7-14(13)15/h3-5,7-8,12-13,16H,1,6,9-11H2,2H3. The zero-order valence-electron chi connectivity index (χ0n) is 10.5. The number of hydrogen-bond acceptors (Lipinski definition) is 2. The summed E-state index contributed by atoms with van der Waals surface area (Å²) in [6, 6.07) is 8.87. The Kier molecular flexibility index (Phi) is 4.21. The van der Waals surface area contributed by atoms with Gasteiger partial charge in [0, 0.05) is 18.5 Å². The lowest BCUT2D eigenvalue weighted by atomic mass is 9.93. The van der Waals surface area contributed by atoms with Crippen molar-refractivity contribution in [1.29, 1.82) is 0 Å². The average molecular weight is 231 g/mol. The van der Waals surface area contributed by atoms with E-state index in [0.29, 0.717) is 12.0 Å². The third kappa shape index (κ3) is 3.10. The molecule has 0 saturated carbocycles. The van der Waals surface area contributed by atoms with E-state index in [9.17, 15) is 0 Å². The first kappa shape index (κ1) is 12.2. The van der Waals surface area contributed by atoms with Gasteiger partial charge in [0.25, 0.3) is 0 Å². The number of para-hydroxylation sites is 1. The largest absolute Gasteiger partial charge is 0.493 e. The van der Waals surface area contributed by atoms with Crippen molar-refractivity contribution in [1.82, 2.24) is 5.32 Å². The van der Waals surface area contributed by atoms with Gasteiger partial charge in [-0.05, 0) is 31.4 Å². The van der Waals surface area contributed by atoms with Crippen LogP contribution in [0.15, 0.2) is 36.9 Å². The third-order valence-corrected chi connectivity index (χ3v) is 3.32. The van der Waals surface area contributed by atoms with Crippen LogP contribution in [0.5, 0.6) is 5.75 Å². The molecule has 2 rings (SSSR count). The molecular weight excluding hydrogens is 210 g/mol. The second-order valence-corrected chi connectivity index (χ2v) is 4.71. The van der Waals surface area contributed by atoms with E-state index < -0.39 is 0 Å². The Morgan fingerprint density at radius 2 is 2.35 bits per heavy atom. The minimum Gasteiger partial charge on any atom is -0.493 e. The second kappa shape index (κ2) is 5.87. The lowest BCUT2D eigenvalue weighted by molar-refractivity contribution is 0.263. The lowest BCUT2D eigenvalue weighted by Crippen LogP contribution is -2.32. The van der Waals surface area contributed by atoms with Gasteiger partial charge in [0.15, 0.2) is 0 Å². The maximum Gasteiger partial charge on any atom is 0.122 e. The van der Waals surface area contributed by atoms with Crippen molar-refractivity contribution in [2.45, 2.75) is 31.7 Å². The van der Waals surface area contributed by atoms with Crippen molar-refractivity contribution in [3.8, 4) is 5.75 Å². The van der Waals surface area contributed by atoms with Crippen LogP contribution < -0.4 is 10.1 Å². The molecular formula is C15H21NO. The summed E-state index contributed by atoms with van der Waals surface area (Å²) in [7, 11) is 0. The smallest absolute Gasteiger partial charge is 0.122 e. The molecule has 92 valence electrons. The van der Waals surface area contributed by atoms with Gasteiger partial charge in [-0.15, -0.1) is 6.58 Å². The molecule has 17 heavy (non-hydrogen) atoms. The van der Waals surface area contributed by atoms with Gasteiger partial charge < -0.3 is 10.1 Å². The summed E-state index contributed by atoms with van der Waals surface area (Å²) in [6.45, 7) is 7.83. The summed E-state index contributed by atoms with van der Waals surface area (Å²) in [5.74, 6) is 1.63. The molecule has 0 fully saturated rings. The van der Waals surface area contributed by atoms with E-state index in [-0.39, 0.29) is 0 Å². The van der Waals surface area contributed by atoms with E-state index in [2.05, 4.69) is 37.0 Å².